The number of fused-ring (bicyclic) bond motifs is 1. The van der Waals surface area contributed by atoms with E-state index in [2.05, 4.69) is 5.32 Å². The summed E-state index contributed by atoms with van der Waals surface area (Å²) in [5.74, 6) is -0.161. The van der Waals surface area contributed by atoms with Crippen LogP contribution in [0.5, 0.6) is 5.75 Å². The highest BCUT2D eigenvalue weighted by Gasteiger charge is 2.31. The molecular formula is C27H26N2O6S2. The zero-order valence-corrected chi connectivity index (χ0v) is 22.1. The molecule has 0 aliphatic carbocycles. The molecule has 0 bridgehead atoms. The van der Waals surface area contributed by atoms with Crippen LogP contribution >= 0.6 is 11.3 Å². The maximum Gasteiger partial charge on any atom is 0.348 e. The van der Waals surface area contributed by atoms with Gasteiger partial charge in [0, 0.05) is 23.9 Å². The molecule has 37 heavy (non-hydrogen) atoms. The second-order valence-corrected chi connectivity index (χ2v) is 11.3. The average Bonchev–Trinajstić information content (AvgIpc) is 3.35. The van der Waals surface area contributed by atoms with Gasteiger partial charge in [0.1, 0.15) is 10.6 Å². The molecule has 0 fully saturated rings. The number of esters is 1. The highest BCUT2D eigenvalue weighted by Crippen LogP contribution is 2.32. The standard InChI is InChI=1S/C27H26N2O6S2/c1-29(37(32,33)22-7-5-4-6-8-22)23(18-9-12-21(34-2)13-10-18)17-26(30)28-20-11-14-24-19(15-20)16-25(36-24)27(31)35-3/h4-16,23H,17H2,1-3H3,(H,28,30)/t23-/m0/s1. The number of amides is 1. The van der Waals surface area contributed by atoms with Crippen molar-refractivity contribution in [3.8, 4) is 5.75 Å². The Morgan fingerprint density at radius 2 is 1.68 bits per heavy atom. The van der Waals surface area contributed by atoms with Crippen LogP contribution in [0.1, 0.15) is 27.7 Å². The van der Waals surface area contributed by atoms with Gasteiger partial charge in [-0.2, -0.15) is 4.31 Å². The molecule has 0 radical (unpaired) electrons. The number of carbonyl (C=O) groups is 2. The van der Waals surface area contributed by atoms with Gasteiger partial charge in [-0.15, -0.1) is 11.3 Å². The molecule has 3 aromatic carbocycles. The largest absolute Gasteiger partial charge is 0.497 e. The minimum absolute atomic E-state index is 0.121. The third-order valence-electron chi connectivity index (χ3n) is 5.93. The lowest BCUT2D eigenvalue weighted by molar-refractivity contribution is -0.117. The molecule has 0 saturated carbocycles. The first-order valence-corrected chi connectivity index (χ1v) is 13.6. The van der Waals surface area contributed by atoms with E-state index in [0.717, 1.165) is 10.1 Å². The van der Waals surface area contributed by atoms with Crippen molar-refractivity contribution in [3.05, 3.63) is 89.3 Å². The number of methoxy groups -OCH3 is 2. The fourth-order valence-electron chi connectivity index (χ4n) is 3.92. The minimum atomic E-state index is -3.88. The molecule has 1 atom stereocenters. The fourth-order valence-corrected chi connectivity index (χ4v) is 6.24. The summed E-state index contributed by atoms with van der Waals surface area (Å²) in [5, 5.41) is 3.65. The van der Waals surface area contributed by atoms with Gasteiger partial charge in [0.15, 0.2) is 0 Å². The zero-order chi connectivity index (χ0) is 26.6. The molecule has 4 aromatic rings. The van der Waals surface area contributed by atoms with Crippen LogP contribution in [0.2, 0.25) is 0 Å². The van der Waals surface area contributed by atoms with Gasteiger partial charge in [-0.1, -0.05) is 30.3 Å². The molecule has 1 heterocycles. The molecule has 0 unspecified atom stereocenters. The number of nitrogens with zero attached hydrogens (tertiary/aromatic N) is 1. The molecule has 0 aliphatic rings. The van der Waals surface area contributed by atoms with E-state index in [0.29, 0.717) is 21.9 Å². The number of anilines is 1. The van der Waals surface area contributed by atoms with E-state index in [1.54, 1.807) is 67.8 Å². The molecule has 1 N–H and O–H groups in total. The van der Waals surface area contributed by atoms with Gasteiger partial charge in [-0.3, -0.25) is 4.79 Å². The van der Waals surface area contributed by atoms with E-state index in [9.17, 15) is 18.0 Å². The van der Waals surface area contributed by atoms with Gasteiger partial charge >= 0.3 is 5.97 Å². The fraction of sp³-hybridized carbons (Fsp3) is 0.185. The number of rotatable bonds is 9. The molecule has 1 amide bonds. The second-order valence-electron chi connectivity index (χ2n) is 8.23. The summed E-state index contributed by atoms with van der Waals surface area (Å²) < 4.78 is 38.8. The first kappa shape index (κ1) is 26.3. The van der Waals surface area contributed by atoms with Crippen molar-refractivity contribution in [2.45, 2.75) is 17.4 Å². The highest BCUT2D eigenvalue weighted by molar-refractivity contribution is 7.89. The van der Waals surface area contributed by atoms with E-state index < -0.39 is 22.0 Å². The monoisotopic (exact) mass is 538 g/mol. The van der Waals surface area contributed by atoms with Crippen LogP contribution in [0.15, 0.2) is 83.8 Å². The number of hydrogen-bond donors (Lipinski definition) is 1. The molecule has 4 rings (SSSR count). The molecule has 192 valence electrons. The summed E-state index contributed by atoms with van der Waals surface area (Å²) >= 11 is 1.30. The summed E-state index contributed by atoms with van der Waals surface area (Å²) in [6.45, 7) is 0. The third-order valence-corrected chi connectivity index (χ3v) is 8.90. The number of benzene rings is 3. The van der Waals surface area contributed by atoms with Crippen molar-refractivity contribution in [2.24, 2.45) is 0 Å². The van der Waals surface area contributed by atoms with Gasteiger partial charge < -0.3 is 14.8 Å². The Kier molecular flexibility index (Phi) is 7.91. The highest BCUT2D eigenvalue weighted by atomic mass is 32.2. The predicted molar refractivity (Wildman–Crippen MR) is 144 cm³/mol. The number of ether oxygens (including phenoxy) is 2. The summed E-state index contributed by atoms with van der Waals surface area (Å²) in [5.41, 5.74) is 1.18. The Balaban J connectivity index is 1.60. The smallest absolute Gasteiger partial charge is 0.348 e. The zero-order valence-electron chi connectivity index (χ0n) is 20.5. The molecule has 0 saturated heterocycles. The minimum Gasteiger partial charge on any atom is -0.497 e. The van der Waals surface area contributed by atoms with Crippen LogP contribution in [0.3, 0.4) is 0 Å². The number of nitrogens with one attached hydrogen (secondary N) is 1. The van der Waals surface area contributed by atoms with E-state index >= 15 is 0 Å². The summed E-state index contributed by atoms with van der Waals surface area (Å²) in [6, 6.07) is 21.3. The van der Waals surface area contributed by atoms with E-state index in [1.807, 2.05) is 6.07 Å². The van der Waals surface area contributed by atoms with Crippen LogP contribution in [-0.2, 0) is 19.6 Å². The second kappa shape index (κ2) is 11.1. The normalized spacial score (nSPS) is 12.3. The van der Waals surface area contributed by atoms with E-state index in [-0.39, 0.29) is 17.2 Å². The lowest BCUT2D eigenvalue weighted by Gasteiger charge is -2.28. The Bertz CT molecular complexity index is 1520. The van der Waals surface area contributed by atoms with Crippen LogP contribution in [0.25, 0.3) is 10.1 Å². The van der Waals surface area contributed by atoms with Crippen molar-refractivity contribution >= 4 is 49.0 Å². The van der Waals surface area contributed by atoms with Crippen molar-refractivity contribution in [2.75, 3.05) is 26.6 Å². The van der Waals surface area contributed by atoms with Crippen LogP contribution in [0.4, 0.5) is 5.69 Å². The number of carbonyl (C=O) groups excluding carboxylic acids is 2. The predicted octanol–water partition coefficient (Wildman–Crippen LogP) is 5.09. The van der Waals surface area contributed by atoms with Crippen molar-refractivity contribution in [3.63, 3.8) is 0 Å². The molecule has 1 aromatic heterocycles. The van der Waals surface area contributed by atoms with Crippen LogP contribution in [-0.4, -0.2) is 45.9 Å². The Hall–Kier alpha value is -3.73. The Morgan fingerprint density at radius 1 is 0.973 bits per heavy atom. The first-order chi connectivity index (χ1) is 17.7. The third kappa shape index (κ3) is 5.82. The average molecular weight is 539 g/mol. The number of sulfonamides is 1. The van der Waals surface area contributed by atoms with Crippen LogP contribution < -0.4 is 10.1 Å². The van der Waals surface area contributed by atoms with Crippen molar-refractivity contribution in [1.82, 2.24) is 4.31 Å². The Labute approximate surface area is 219 Å². The molecule has 8 nitrogen and oxygen atoms in total. The summed E-state index contributed by atoms with van der Waals surface area (Å²) in [4.78, 5) is 25.6. The van der Waals surface area contributed by atoms with Gasteiger partial charge in [0.05, 0.1) is 25.2 Å². The summed E-state index contributed by atoms with van der Waals surface area (Å²) in [7, 11) is 0.463. The van der Waals surface area contributed by atoms with Gasteiger partial charge in [-0.25, -0.2) is 13.2 Å². The van der Waals surface area contributed by atoms with Gasteiger partial charge in [-0.05, 0) is 59.5 Å². The summed E-state index contributed by atoms with van der Waals surface area (Å²) in [6.07, 6.45) is -0.121. The lowest BCUT2D eigenvalue weighted by Crippen LogP contribution is -2.33. The van der Waals surface area contributed by atoms with Crippen molar-refractivity contribution in [1.29, 1.82) is 0 Å². The SMILES string of the molecule is COC(=O)c1cc2cc(NC(=O)C[C@@H](c3ccc(OC)cc3)N(C)S(=O)(=O)c3ccccc3)ccc2s1. The Morgan fingerprint density at radius 3 is 2.32 bits per heavy atom. The van der Waals surface area contributed by atoms with Gasteiger partial charge in [0.25, 0.3) is 0 Å². The van der Waals surface area contributed by atoms with E-state index in [1.165, 1.54) is 41.9 Å². The molecule has 0 spiro atoms. The van der Waals surface area contributed by atoms with Gasteiger partial charge in [0.2, 0.25) is 15.9 Å². The molecule has 10 heteroatoms. The quantitative estimate of drug-likeness (QED) is 0.298. The van der Waals surface area contributed by atoms with Crippen molar-refractivity contribution < 1.29 is 27.5 Å². The maximum absolute atomic E-state index is 13.4. The van der Waals surface area contributed by atoms with E-state index in [4.69, 9.17) is 9.47 Å². The first-order valence-electron chi connectivity index (χ1n) is 11.3. The molecular weight excluding hydrogens is 512 g/mol. The van der Waals surface area contributed by atoms with Crippen LogP contribution in [0, 0.1) is 0 Å². The topological polar surface area (TPSA) is 102 Å². The number of hydrogen-bond acceptors (Lipinski definition) is 7. The lowest BCUT2D eigenvalue weighted by atomic mass is 10.0. The number of thiophene rings is 1. The maximum atomic E-state index is 13.4. The molecule has 0 aliphatic heterocycles.